The summed E-state index contributed by atoms with van der Waals surface area (Å²) < 4.78 is 41.7. The van der Waals surface area contributed by atoms with Crippen molar-refractivity contribution in [1.82, 2.24) is 14.8 Å². The Hall–Kier alpha value is -1.85. The number of hydrogen-bond acceptors (Lipinski definition) is 2. The average molecular weight is 279 g/mol. The van der Waals surface area contributed by atoms with Crippen LogP contribution in [-0.4, -0.2) is 20.7 Å². The molecule has 2 aliphatic rings. The van der Waals surface area contributed by atoms with Crippen molar-refractivity contribution in [2.45, 2.75) is 36.9 Å². The highest BCUT2D eigenvalue weighted by atomic mass is 19.3. The SMILES string of the molecule is F[C@H]1C[C@@H](c2ccccc2)n2nc(C3CC3(F)F)nc21. The second kappa shape index (κ2) is 3.84. The quantitative estimate of drug-likeness (QED) is 0.843. The molecule has 0 spiro atoms. The lowest BCUT2D eigenvalue weighted by Crippen LogP contribution is -2.08. The maximum Gasteiger partial charge on any atom is 0.259 e. The van der Waals surface area contributed by atoms with Gasteiger partial charge in [0.2, 0.25) is 0 Å². The summed E-state index contributed by atoms with van der Waals surface area (Å²) in [5.74, 6) is -3.41. The Labute approximate surface area is 113 Å². The monoisotopic (exact) mass is 279 g/mol. The number of fused-ring (bicyclic) bond motifs is 1. The van der Waals surface area contributed by atoms with Crippen molar-refractivity contribution in [3.05, 3.63) is 47.5 Å². The molecule has 2 aromatic rings. The fourth-order valence-electron chi connectivity index (χ4n) is 2.79. The molecule has 6 heteroatoms. The van der Waals surface area contributed by atoms with E-state index in [-0.39, 0.29) is 30.5 Å². The van der Waals surface area contributed by atoms with Crippen molar-refractivity contribution in [1.29, 1.82) is 0 Å². The van der Waals surface area contributed by atoms with Crippen LogP contribution in [0.15, 0.2) is 30.3 Å². The Morgan fingerprint density at radius 3 is 2.55 bits per heavy atom. The number of aromatic nitrogens is 3. The normalized spacial score (nSPS) is 30.2. The molecule has 1 fully saturated rings. The van der Waals surface area contributed by atoms with Crippen LogP contribution in [0.2, 0.25) is 0 Å². The van der Waals surface area contributed by atoms with Gasteiger partial charge in [0, 0.05) is 12.8 Å². The van der Waals surface area contributed by atoms with Crippen LogP contribution >= 0.6 is 0 Å². The van der Waals surface area contributed by atoms with E-state index in [2.05, 4.69) is 10.1 Å². The van der Waals surface area contributed by atoms with E-state index < -0.39 is 18.0 Å². The third-order valence-electron chi connectivity index (χ3n) is 4.00. The predicted octanol–water partition coefficient (Wildman–Crippen LogP) is 3.40. The predicted molar refractivity (Wildman–Crippen MR) is 65.4 cm³/mol. The molecule has 1 unspecified atom stereocenters. The van der Waals surface area contributed by atoms with Crippen molar-refractivity contribution in [3.63, 3.8) is 0 Å². The molecule has 0 radical (unpaired) electrons. The number of nitrogens with zero attached hydrogens (tertiary/aromatic N) is 3. The van der Waals surface area contributed by atoms with Gasteiger partial charge in [-0.15, -0.1) is 0 Å². The topological polar surface area (TPSA) is 30.7 Å². The van der Waals surface area contributed by atoms with Gasteiger partial charge >= 0.3 is 0 Å². The fourth-order valence-corrected chi connectivity index (χ4v) is 2.79. The minimum Gasteiger partial charge on any atom is -0.239 e. The maximum atomic E-state index is 14.0. The molecule has 3 atom stereocenters. The molecule has 3 nitrogen and oxygen atoms in total. The van der Waals surface area contributed by atoms with Gasteiger partial charge in [0.05, 0.1) is 12.0 Å². The fraction of sp³-hybridized carbons (Fsp3) is 0.429. The van der Waals surface area contributed by atoms with Gasteiger partial charge in [-0.3, -0.25) is 0 Å². The Kier molecular flexibility index (Phi) is 2.29. The van der Waals surface area contributed by atoms with Crippen molar-refractivity contribution >= 4 is 0 Å². The molecule has 20 heavy (non-hydrogen) atoms. The molecule has 4 rings (SSSR count). The molecule has 1 aromatic carbocycles. The van der Waals surface area contributed by atoms with E-state index in [0.29, 0.717) is 0 Å². The Bertz CT molecular complexity index is 653. The molecule has 0 bridgehead atoms. The first-order valence-corrected chi connectivity index (χ1v) is 6.59. The number of hydrogen-bond donors (Lipinski definition) is 0. The van der Waals surface area contributed by atoms with Gasteiger partial charge in [0.15, 0.2) is 17.8 Å². The summed E-state index contributed by atoms with van der Waals surface area (Å²) in [6.45, 7) is 0. The van der Waals surface area contributed by atoms with Gasteiger partial charge in [0.25, 0.3) is 5.92 Å². The molecule has 1 aliphatic carbocycles. The van der Waals surface area contributed by atoms with Gasteiger partial charge in [-0.05, 0) is 5.56 Å². The van der Waals surface area contributed by atoms with E-state index in [1.54, 1.807) is 0 Å². The summed E-state index contributed by atoms with van der Waals surface area (Å²) in [5, 5.41) is 4.14. The minimum atomic E-state index is -2.73. The molecule has 0 N–H and O–H groups in total. The Morgan fingerprint density at radius 1 is 1.20 bits per heavy atom. The summed E-state index contributed by atoms with van der Waals surface area (Å²) in [6, 6.07) is 9.14. The van der Waals surface area contributed by atoms with Crippen LogP contribution in [0, 0.1) is 0 Å². The second-order valence-electron chi connectivity index (χ2n) is 5.42. The first-order valence-electron chi connectivity index (χ1n) is 6.59. The number of rotatable bonds is 2. The van der Waals surface area contributed by atoms with E-state index in [9.17, 15) is 13.2 Å². The van der Waals surface area contributed by atoms with Crippen LogP contribution in [0.3, 0.4) is 0 Å². The zero-order chi connectivity index (χ0) is 13.9. The largest absolute Gasteiger partial charge is 0.259 e. The second-order valence-corrected chi connectivity index (χ2v) is 5.42. The minimum absolute atomic E-state index is 0.0771. The van der Waals surface area contributed by atoms with E-state index in [1.807, 2.05) is 30.3 Å². The molecule has 0 saturated heterocycles. The molecule has 1 saturated carbocycles. The van der Waals surface area contributed by atoms with E-state index in [4.69, 9.17) is 0 Å². The molecule has 1 aromatic heterocycles. The lowest BCUT2D eigenvalue weighted by atomic mass is 10.0. The molecular weight excluding hydrogens is 267 g/mol. The molecule has 2 heterocycles. The van der Waals surface area contributed by atoms with Gasteiger partial charge in [-0.1, -0.05) is 30.3 Å². The van der Waals surface area contributed by atoms with Crippen molar-refractivity contribution in [2.24, 2.45) is 0 Å². The molecule has 0 amide bonds. The van der Waals surface area contributed by atoms with E-state index >= 15 is 0 Å². The van der Waals surface area contributed by atoms with Crippen LogP contribution in [0.5, 0.6) is 0 Å². The van der Waals surface area contributed by atoms with Crippen LogP contribution < -0.4 is 0 Å². The third kappa shape index (κ3) is 1.67. The highest BCUT2D eigenvalue weighted by Crippen LogP contribution is 2.55. The average Bonchev–Trinajstić information content (AvgIpc) is 2.80. The highest BCUT2D eigenvalue weighted by Gasteiger charge is 2.60. The van der Waals surface area contributed by atoms with Crippen LogP contribution in [-0.2, 0) is 0 Å². The third-order valence-corrected chi connectivity index (χ3v) is 4.00. The standard InChI is InChI=1S/C14H12F3N3/c15-10-6-11(8-4-2-1-3-5-8)20-13(10)18-12(19-20)9-7-14(9,16)17/h1-5,9-11H,6-7H2/t9?,10-,11-/m0/s1. The molecule has 104 valence electrons. The summed E-state index contributed by atoms with van der Waals surface area (Å²) in [7, 11) is 0. The van der Waals surface area contributed by atoms with E-state index in [1.165, 1.54) is 4.68 Å². The van der Waals surface area contributed by atoms with Crippen LogP contribution in [0.4, 0.5) is 13.2 Å². The van der Waals surface area contributed by atoms with Gasteiger partial charge in [-0.25, -0.2) is 22.8 Å². The summed E-state index contributed by atoms with van der Waals surface area (Å²) in [6.07, 6.45) is -1.21. The zero-order valence-corrected chi connectivity index (χ0v) is 10.5. The first kappa shape index (κ1) is 11.9. The summed E-state index contributed by atoms with van der Waals surface area (Å²) in [4.78, 5) is 4.00. The molecular formula is C14H12F3N3. The maximum absolute atomic E-state index is 14.0. The van der Waals surface area contributed by atoms with Crippen molar-refractivity contribution in [2.75, 3.05) is 0 Å². The van der Waals surface area contributed by atoms with Crippen LogP contribution in [0.25, 0.3) is 0 Å². The van der Waals surface area contributed by atoms with Gasteiger partial charge in [-0.2, -0.15) is 5.10 Å². The number of alkyl halides is 3. The Morgan fingerprint density at radius 2 is 1.90 bits per heavy atom. The Balaban J connectivity index is 1.72. The summed E-state index contributed by atoms with van der Waals surface area (Å²) in [5.41, 5.74) is 0.924. The smallest absolute Gasteiger partial charge is 0.239 e. The number of benzene rings is 1. The van der Waals surface area contributed by atoms with Gasteiger partial charge in [0.1, 0.15) is 0 Å². The van der Waals surface area contributed by atoms with Crippen molar-refractivity contribution < 1.29 is 13.2 Å². The molecule has 1 aliphatic heterocycles. The summed E-state index contributed by atoms with van der Waals surface area (Å²) >= 11 is 0. The van der Waals surface area contributed by atoms with Crippen molar-refractivity contribution in [3.8, 4) is 0 Å². The highest BCUT2D eigenvalue weighted by molar-refractivity contribution is 5.25. The van der Waals surface area contributed by atoms with Gasteiger partial charge < -0.3 is 0 Å². The first-order chi connectivity index (χ1) is 9.56. The van der Waals surface area contributed by atoms with E-state index in [0.717, 1.165) is 5.56 Å². The lowest BCUT2D eigenvalue weighted by Gasteiger charge is -2.11. The van der Waals surface area contributed by atoms with Crippen LogP contribution in [0.1, 0.15) is 48.2 Å². The zero-order valence-electron chi connectivity index (χ0n) is 10.5. The number of halogens is 3. The lowest BCUT2D eigenvalue weighted by molar-refractivity contribution is 0.110.